The molecule has 1 aliphatic rings. The number of pyridine rings is 1. The van der Waals surface area contributed by atoms with Gasteiger partial charge >= 0.3 is 0 Å². The van der Waals surface area contributed by atoms with Gasteiger partial charge in [-0.05, 0) is 70.1 Å². The Labute approximate surface area is 312 Å². The average molecular weight is 695 g/mol. The van der Waals surface area contributed by atoms with Crippen LogP contribution in [0.1, 0.15) is 25.0 Å². The first kappa shape index (κ1) is 30.3. The van der Waals surface area contributed by atoms with Crippen molar-refractivity contribution in [2.45, 2.75) is 19.3 Å². The standard InChI is InChI=1S/C50H34N2S/c1-50(2)42-18-8-5-15-36(42)37-27-26-34(30-43(37)50)52(45-20-11-13-31-12-3-4-14-35(31)45)33-24-22-32(23-25-33)48-41-29-28-39-38-16-7-10-21-46(38)53-49(39)47(41)40-17-6-9-19-44(40)51-48/h3-30H,1-2H3. The van der Waals surface area contributed by atoms with E-state index in [4.69, 9.17) is 4.98 Å². The van der Waals surface area contributed by atoms with E-state index in [0.29, 0.717) is 0 Å². The zero-order chi connectivity index (χ0) is 35.3. The summed E-state index contributed by atoms with van der Waals surface area (Å²) in [6, 6.07) is 62.2. The van der Waals surface area contributed by atoms with Crippen LogP contribution in [-0.4, -0.2) is 4.98 Å². The summed E-state index contributed by atoms with van der Waals surface area (Å²) < 4.78 is 2.64. The van der Waals surface area contributed by atoms with Gasteiger partial charge in [0.05, 0.1) is 16.9 Å². The van der Waals surface area contributed by atoms with Crippen LogP contribution < -0.4 is 4.90 Å². The number of aromatic nitrogens is 1. The number of fused-ring (bicyclic) bond motifs is 11. The molecule has 10 aromatic rings. The lowest BCUT2D eigenvalue weighted by Crippen LogP contribution is -2.16. The summed E-state index contributed by atoms with van der Waals surface area (Å²) in [5.41, 5.74) is 11.9. The Bertz CT molecular complexity index is 3090. The van der Waals surface area contributed by atoms with Gasteiger partial charge < -0.3 is 4.90 Å². The summed E-state index contributed by atoms with van der Waals surface area (Å²) in [4.78, 5) is 7.76. The highest BCUT2D eigenvalue weighted by Crippen LogP contribution is 2.51. The largest absolute Gasteiger partial charge is 0.310 e. The quantitative estimate of drug-likeness (QED) is 0.171. The van der Waals surface area contributed by atoms with Gasteiger partial charge in [0.2, 0.25) is 0 Å². The van der Waals surface area contributed by atoms with E-state index < -0.39 is 0 Å². The number of hydrogen-bond acceptors (Lipinski definition) is 3. The van der Waals surface area contributed by atoms with Crippen LogP contribution in [0.4, 0.5) is 17.1 Å². The first-order chi connectivity index (χ1) is 26.0. The fourth-order valence-corrected chi connectivity index (χ4v) is 10.1. The first-order valence-electron chi connectivity index (χ1n) is 18.3. The molecule has 0 unspecified atom stereocenters. The number of rotatable bonds is 4. The van der Waals surface area contributed by atoms with Gasteiger partial charge in [0.15, 0.2) is 0 Å². The van der Waals surface area contributed by atoms with Crippen LogP contribution in [0.15, 0.2) is 170 Å². The second-order valence-corrected chi connectivity index (χ2v) is 15.8. The van der Waals surface area contributed by atoms with E-state index in [0.717, 1.165) is 33.8 Å². The van der Waals surface area contributed by atoms with Crippen LogP contribution in [0.5, 0.6) is 0 Å². The van der Waals surface area contributed by atoms with Crippen molar-refractivity contribution < 1.29 is 0 Å². The summed E-state index contributed by atoms with van der Waals surface area (Å²) in [6.07, 6.45) is 0. The van der Waals surface area contributed by atoms with Gasteiger partial charge in [-0.15, -0.1) is 11.3 Å². The second kappa shape index (κ2) is 11.4. The van der Waals surface area contributed by atoms with Crippen LogP contribution in [-0.2, 0) is 5.41 Å². The van der Waals surface area contributed by atoms with Crippen LogP contribution in [0.25, 0.3) is 75.0 Å². The number of hydrogen-bond donors (Lipinski definition) is 0. The van der Waals surface area contributed by atoms with E-state index in [1.54, 1.807) is 0 Å². The molecular formula is C50H34N2S. The Kier molecular flexibility index (Phi) is 6.50. The molecule has 8 aromatic carbocycles. The minimum atomic E-state index is -0.0984. The van der Waals surface area contributed by atoms with Crippen molar-refractivity contribution in [2.24, 2.45) is 0 Å². The first-order valence-corrected chi connectivity index (χ1v) is 19.1. The minimum absolute atomic E-state index is 0.0984. The predicted octanol–water partition coefficient (Wildman–Crippen LogP) is 14.4. The number of thiophene rings is 1. The number of nitrogens with zero attached hydrogens (tertiary/aromatic N) is 2. The van der Waals surface area contributed by atoms with Crippen molar-refractivity contribution in [1.29, 1.82) is 0 Å². The third-order valence-electron chi connectivity index (χ3n) is 11.4. The smallest absolute Gasteiger partial charge is 0.0788 e. The highest BCUT2D eigenvalue weighted by atomic mass is 32.1. The van der Waals surface area contributed by atoms with E-state index in [2.05, 4.69) is 189 Å². The predicted molar refractivity (Wildman–Crippen MR) is 227 cm³/mol. The molecule has 0 radical (unpaired) electrons. The molecule has 0 atom stereocenters. The molecule has 2 aromatic heterocycles. The Balaban J connectivity index is 1.10. The van der Waals surface area contributed by atoms with Gasteiger partial charge in [-0.2, -0.15) is 0 Å². The van der Waals surface area contributed by atoms with Gasteiger partial charge in [0.1, 0.15) is 0 Å². The molecule has 0 saturated carbocycles. The van der Waals surface area contributed by atoms with Crippen molar-refractivity contribution in [2.75, 3.05) is 4.90 Å². The number of benzene rings is 8. The average Bonchev–Trinajstić information content (AvgIpc) is 3.70. The fourth-order valence-electron chi connectivity index (χ4n) is 8.87. The van der Waals surface area contributed by atoms with Gasteiger partial charge in [-0.3, -0.25) is 0 Å². The Morgan fingerprint density at radius 1 is 0.509 bits per heavy atom. The summed E-state index contributed by atoms with van der Waals surface area (Å²) in [7, 11) is 0. The molecule has 11 rings (SSSR count). The molecule has 250 valence electrons. The number of anilines is 3. The zero-order valence-corrected chi connectivity index (χ0v) is 30.3. The van der Waals surface area contributed by atoms with Crippen LogP contribution in [0.2, 0.25) is 0 Å². The van der Waals surface area contributed by atoms with Crippen molar-refractivity contribution in [3.63, 3.8) is 0 Å². The molecule has 2 heterocycles. The monoisotopic (exact) mass is 694 g/mol. The van der Waals surface area contributed by atoms with E-state index in [1.807, 2.05) is 11.3 Å². The SMILES string of the molecule is CC1(C)c2ccccc2-c2ccc(N(c3ccc(-c4nc5ccccc5c5c4ccc4c6ccccc6sc45)cc3)c3cccc4ccccc34)cc21. The van der Waals surface area contributed by atoms with E-state index >= 15 is 0 Å². The molecular weight excluding hydrogens is 661 g/mol. The van der Waals surface area contributed by atoms with Gasteiger partial charge in [-0.1, -0.05) is 141 Å². The third-order valence-corrected chi connectivity index (χ3v) is 12.6. The molecule has 3 heteroatoms. The lowest BCUT2D eigenvalue weighted by Gasteiger charge is -2.29. The third kappa shape index (κ3) is 4.47. The van der Waals surface area contributed by atoms with Gasteiger partial charge in [-0.25, -0.2) is 4.98 Å². The van der Waals surface area contributed by atoms with Crippen LogP contribution >= 0.6 is 11.3 Å². The van der Waals surface area contributed by atoms with E-state index in [-0.39, 0.29) is 5.41 Å². The van der Waals surface area contributed by atoms with E-state index in [1.165, 1.54) is 69.4 Å². The van der Waals surface area contributed by atoms with Crippen LogP contribution in [0.3, 0.4) is 0 Å². The molecule has 0 fully saturated rings. The van der Waals surface area contributed by atoms with Gasteiger partial charge in [0.25, 0.3) is 0 Å². The maximum Gasteiger partial charge on any atom is 0.0788 e. The number of para-hydroxylation sites is 1. The normalized spacial score (nSPS) is 13.2. The zero-order valence-electron chi connectivity index (χ0n) is 29.5. The highest BCUT2D eigenvalue weighted by Gasteiger charge is 2.35. The highest BCUT2D eigenvalue weighted by molar-refractivity contribution is 7.26. The van der Waals surface area contributed by atoms with Crippen molar-refractivity contribution >= 4 is 81.0 Å². The summed E-state index contributed by atoms with van der Waals surface area (Å²) in [5, 5.41) is 8.73. The maximum absolute atomic E-state index is 5.33. The Morgan fingerprint density at radius 2 is 1.19 bits per heavy atom. The maximum atomic E-state index is 5.33. The molecule has 0 aliphatic heterocycles. The second-order valence-electron chi connectivity index (χ2n) is 14.7. The molecule has 53 heavy (non-hydrogen) atoms. The van der Waals surface area contributed by atoms with Crippen molar-refractivity contribution in [3.8, 4) is 22.4 Å². The summed E-state index contributed by atoms with van der Waals surface area (Å²) in [5.74, 6) is 0. The Morgan fingerprint density at radius 3 is 2.08 bits per heavy atom. The summed E-state index contributed by atoms with van der Waals surface area (Å²) >= 11 is 1.88. The lowest BCUT2D eigenvalue weighted by atomic mass is 9.82. The molecule has 2 nitrogen and oxygen atoms in total. The molecule has 0 bridgehead atoms. The lowest BCUT2D eigenvalue weighted by molar-refractivity contribution is 0.660. The molecule has 0 spiro atoms. The molecule has 0 N–H and O–H groups in total. The topological polar surface area (TPSA) is 16.1 Å². The molecule has 1 aliphatic carbocycles. The van der Waals surface area contributed by atoms with Gasteiger partial charge in [0, 0.05) is 64.1 Å². The Hall–Kier alpha value is -6.29. The summed E-state index contributed by atoms with van der Waals surface area (Å²) in [6.45, 7) is 4.71. The van der Waals surface area contributed by atoms with Crippen molar-refractivity contribution in [3.05, 3.63) is 181 Å². The van der Waals surface area contributed by atoms with E-state index in [9.17, 15) is 0 Å². The molecule has 0 saturated heterocycles. The minimum Gasteiger partial charge on any atom is -0.310 e. The van der Waals surface area contributed by atoms with Crippen LogP contribution in [0, 0.1) is 0 Å². The van der Waals surface area contributed by atoms with Crippen molar-refractivity contribution in [1.82, 2.24) is 4.98 Å². The molecule has 0 amide bonds. The fraction of sp³-hybridized carbons (Fsp3) is 0.0600.